The number of aryl methyl sites for hydroxylation is 1. The molecule has 1 saturated carbocycles. The van der Waals surface area contributed by atoms with E-state index in [1.807, 2.05) is 23.9 Å². The van der Waals surface area contributed by atoms with Crippen LogP contribution in [-0.4, -0.2) is 46.5 Å². The first-order valence-corrected chi connectivity index (χ1v) is 14.2. The standard InChI is InChI=1S/C28H37N3O5S/c1-20-8-7-9-24(31(35)36)25(20)26(33)29-22-12-10-21(11-13-22)18-23(19-32)30-27(34)28(14-3-4-15-28)16-5-6-17-37-2/h7-13,23,32H,3-6,14-19H2,1-2H3,(H,29,33)(H,30,34). The SMILES string of the molecule is CSCCCCC1(C(=O)NC(CO)Cc2ccc(NC(=O)c3c(C)cccc3[N+](=O)[O-])cc2)CCCC1. The van der Waals surface area contributed by atoms with E-state index in [9.17, 15) is 24.8 Å². The van der Waals surface area contributed by atoms with Crippen molar-refractivity contribution in [2.45, 2.75) is 64.3 Å². The number of nitrogens with one attached hydrogen (secondary N) is 2. The Bertz CT molecular complexity index is 1080. The van der Waals surface area contributed by atoms with Crippen molar-refractivity contribution < 1.29 is 19.6 Å². The highest BCUT2D eigenvalue weighted by Crippen LogP contribution is 2.42. The Hall–Kier alpha value is -2.91. The van der Waals surface area contributed by atoms with Crippen molar-refractivity contribution in [3.63, 3.8) is 0 Å². The summed E-state index contributed by atoms with van der Waals surface area (Å²) in [6.45, 7) is 1.50. The van der Waals surface area contributed by atoms with Crippen molar-refractivity contribution >= 4 is 35.0 Å². The van der Waals surface area contributed by atoms with Gasteiger partial charge in [0.25, 0.3) is 11.6 Å². The summed E-state index contributed by atoms with van der Waals surface area (Å²) in [5.41, 5.74) is 1.41. The number of aliphatic hydroxyl groups excluding tert-OH is 1. The first-order valence-electron chi connectivity index (χ1n) is 12.8. The minimum absolute atomic E-state index is 0.0360. The van der Waals surface area contributed by atoms with Gasteiger partial charge in [0.1, 0.15) is 5.56 Å². The largest absolute Gasteiger partial charge is 0.394 e. The fourth-order valence-electron chi connectivity index (χ4n) is 5.15. The molecular formula is C28H37N3O5S. The minimum atomic E-state index is -0.561. The van der Waals surface area contributed by atoms with Gasteiger partial charge in [0.15, 0.2) is 0 Å². The molecule has 200 valence electrons. The summed E-state index contributed by atoms with van der Waals surface area (Å²) in [6, 6.07) is 11.2. The first-order chi connectivity index (χ1) is 17.8. The number of carbonyl (C=O) groups excluding carboxylic acids is 2. The molecule has 2 amide bonds. The molecule has 1 atom stereocenters. The predicted octanol–water partition coefficient (Wildman–Crippen LogP) is 5.27. The maximum atomic E-state index is 13.3. The number of benzene rings is 2. The van der Waals surface area contributed by atoms with Crippen LogP contribution in [0.25, 0.3) is 0 Å². The molecule has 2 aromatic rings. The van der Waals surface area contributed by atoms with Crippen LogP contribution in [0.1, 0.15) is 66.4 Å². The second kappa shape index (κ2) is 13.6. The lowest BCUT2D eigenvalue weighted by Gasteiger charge is -2.30. The van der Waals surface area contributed by atoms with Crippen molar-refractivity contribution in [1.29, 1.82) is 0 Å². The van der Waals surface area contributed by atoms with Crippen LogP contribution >= 0.6 is 11.8 Å². The molecule has 2 aromatic carbocycles. The van der Waals surface area contributed by atoms with Crippen molar-refractivity contribution in [3.8, 4) is 0 Å². The smallest absolute Gasteiger partial charge is 0.282 e. The Kier molecular flexibility index (Phi) is 10.5. The van der Waals surface area contributed by atoms with Gasteiger partial charge >= 0.3 is 0 Å². The van der Waals surface area contributed by atoms with Crippen LogP contribution in [0.3, 0.4) is 0 Å². The van der Waals surface area contributed by atoms with Crippen molar-refractivity contribution in [2.24, 2.45) is 5.41 Å². The first kappa shape index (κ1) is 28.7. The maximum Gasteiger partial charge on any atom is 0.282 e. The third-order valence-corrected chi connectivity index (χ3v) is 7.92. The van der Waals surface area contributed by atoms with Crippen molar-refractivity contribution in [2.75, 3.05) is 23.9 Å². The lowest BCUT2D eigenvalue weighted by Crippen LogP contribution is -2.46. The third kappa shape index (κ3) is 7.55. The quantitative estimate of drug-likeness (QED) is 0.185. The molecule has 3 rings (SSSR count). The summed E-state index contributed by atoms with van der Waals surface area (Å²) in [6.07, 6.45) is 9.55. The Balaban J connectivity index is 1.61. The zero-order valence-corrected chi connectivity index (χ0v) is 22.4. The summed E-state index contributed by atoms with van der Waals surface area (Å²) < 4.78 is 0. The van der Waals surface area contributed by atoms with Crippen LogP contribution in [-0.2, 0) is 11.2 Å². The Morgan fingerprint density at radius 1 is 1.14 bits per heavy atom. The summed E-state index contributed by atoms with van der Waals surface area (Å²) >= 11 is 1.83. The lowest BCUT2D eigenvalue weighted by atomic mass is 9.80. The molecule has 0 saturated heterocycles. The number of rotatable bonds is 13. The average Bonchev–Trinajstić information content (AvgIpc) is 3.37. The maximum absolute atomic E-state index is 13.3. The van der Waals surface area contributed by atoms with Gasteiger partial charge in [-0.15, -0.1) is 0 Å². The Labute approximate surface area is 222 Å². The number of thioether (sulfide) groups is 1. The molecule has 3 N–H and O–H groups in total. The highest BCUT2D eigenvalue weighted by Gasteiger charge is 2.41. The van der Waals surface area contributed by atoms with Crippen molar-refractivity contribution in [3.05, 3.63) is 69.3 Å². The molecule has 0 spiro atoms. The number of nitrogens with zero attached hydrogens (tertiary/aromatic N) is 1. The van der Waals surface area contributed by atoms with Crippen molar-refractivity contribution in [1.82, 2.24) is 5.32 Å². The fourth-order valence-corrected chi connectivity index (χ4v) is 5.65. The van der Waals surface area contributed by atoms with Crippen LogP contribution in [0.15, 0.2) is 42.5 Å². The minimum Gasteiger partial charge on any atom is -0.394 e. The molecule has 0 bridgehead atoms. The highest BCUT2D eigenvalue weighted by atomic mass is 32.2. The number of aliphatic hydroxyl groups is 1. The summed E-state index contributed by atoms with van der Waals surface area (Å²) in [4.78, 5) is 36.8. The van der Waals surface area contributed by atoms with E-state index in [1.165, 1.54) is 6.07 Å². The Morgan fingerprint density at radius 2 is 1.84 bits per heavy atom. The van der Waals surface area contributed by atoms with Crippen LogP contribution in [0, 0.1) is 22.5 Å². The molecule has 1 unspecified atom stereocenters. The zero-order chi connectivity index (χ0) is 26.8. The molecule has 0 heterocycles. The number of hydrogen-bond donors (Lipinski definition) is 3. The van der Waals surface area contributed by atoms with Crippen LogP contribution in [0.4, 0.5) is 11.4 Å². The van der Waals surface area contributed by atoms with Gasteiger partial charge in [-0.1, -0.05) is 43.5 Å². The Morgan fingerprint density at radius 3 is 2.46 bits per heavy atom. The summed E-state index contributed by atoms with van der Waals surface area (Å²) in [7, 11) is 0. The molecule has 0 aliphatic heterocycles. The van der Waals surface area contributed by atoms with Gasteiger partial charge in [-0.2, -0.15) is 11.8 Å². The van der Waals surface area contributed by atoms with Gasteiger partial charge in [-0.25, -0.2) is 0 Å². The van der Waals surface area contributed by atoms with E-state index in [0.29, 0.717) is 17.7 Å². The number of unbranched alkanes of at least 4 members (excludes halogenated alkanes) is 1. The summed E-state index contributed by atoms with van der Waals surface area (Å²) in [5.74, 6) is 0.615. The molecule has 1 aliphatic rings. The van der Waals surface area contributed by atoms with Crippen LogP contribution in [0.5, 0.6) is 0 Å². The highest BCUT2D eigenvalue weighted by molar-refractivity contribution is 7.98. The van der Waals surface area contributed by atoms with Gasteiger partial charge in [0.05, 0.1) is 17.6 Å². The third-order valence-electron chi connectivity index (χ3n) is 7.22. The number of hydrogen-bond acceptors (Lipinski definition) is 6. The molecule has 1 fully saturated rings. The van der Waals surface area contributed by atoms with E-state index < -0.39 is 16.9 Å². The normalized spacial score (nSPS) is 15.2. The molecule has 0 radical (unpaired) electrons. The molecule has 8 nitrogen and oxygen atoms in total. The second-order valence-corrected chi connectivity index (χ2v) is 10.9. The van der Waals surface area contributed by atoms with Gasteiger partial charge in [0, 0.05) is 17.2 Å². The predicted molar refractivity (Wildman–Crippen MR) is 148 cm³/mol. The van der Waals surface area contributed by atoms with Crippen LogP contribution < -0.4 is 10.6 Å². The van der Waals surface area contributed by atoms with Gasteiger partial charge < -0.3 is 15.7 Å². The van der Waals surface area contributed by atoms with E-state index >= 15 is 0 Å². The molecular weight excluding hydrogens is 490 g/mol. The monoisotopic (exact) mass is 527 g/mol. The van der Waals surface area contributed by atoms with E-state index in [0.717, 1.165) is 56.3 Å². The zero-order valence-electron chi connectivity index (χ0n) is 21.6. The fraction of sp³-hybridized carbons (Fsp3) is 0.500. The number of carbonyl (C=O) groups is 2. The van der Waals surface area contributed by atoms with E-state index in [-0.39, 0.29) is 29.2 Å². The van der Waals surface area contributed by atoms with Gasteiger partial charge in [-0.05, 0) is 74.3 Å². The van der Waals surface area contributed by atoms with E-state index in [1.54, 1.807) is 31.2 Å². The molecule has 1 aliphatic carbocycles. The number of nitro benzene ring substituents is 1. The van der Waals surface area contributed by atoms with Gasteiger partial charge in [0.2, 0.25) is 5.91 Å². The van der Waals surface area contributed by atoms with E-state index in [2.05, 4.69) is 16.9 Å². The molecule has 9 heteroatoms. The number of nitro groups is 1. The number of amides is 2. The summed E-state index contributed by atoms with van der Waals surface area (Å²) in [5, 5.41) is 27.1. The van der Waals surface area contributed by atoms with Crippen LogP contribution in [0.2, 0.25) is 0 Å². The number of anilines is 1. The average molecular weight is 528 g/mol. The lowest BCUT2D eigenvalue weighted by molar-refractivity contribution is -0.385. The van der Waals surface area contributed by atoms with E-state index in [4.69, 9.17) is 0 Å². The molecule has 0 aromatic heterocycles. The second-order valence-electron chi connectivity index (χ2n) is 9.87. The van der Waals surface area contributed by atoms with Gasteiger partial charge in [-0.3, -0.25) is 19.7 Å². The molecule has 37 heavy (non-hydrogen) atoms. The topological polar surface area (TPSA) is 122 Å².